The van der Waals surface area contributed by atoms with Gasteiger partial charge in [-0.2, -0.15) is 0 Å². The lowest BCUT2D eigenvalue weighted by Gasteiger charge is -2.20. The number of benzene rings is 2. The summed E-state index contributed by atoms with van der Waals surface area (Å²) in [6.45, 7) is 6.41. The molecule has 3 rings (SSSR count). The van der Waals surface area contributed by atoms with Crippen LogP contribution in [-0.2, 0) is 0 Å². The fourth-order valence-electron chi connectivity index (χ4n) is 2.81. The van der Waals surface area contributed by atoms with Crippen molar-refractivity contribution in [3.8, 4) is 17.0 Å². The zero-order valence-electron chi connectivity index (χ0n) is 15.5. The minimum atomic E-state index is 0.859. The molecule has 2 aromatic carbocycles. The molecule has 1 heterocycles. The summed E-state index contributed by atoms with van der Waals surface area (Å²) >= 11 is 1.65. The van der Waals surface area contributed by atoms with Crippen LogP contribution in [0.25, 0.3) is 23.4 Å². The lowest BCUT2D eigenvalue weighted by atomic mass is 10.1. The van der Waals surface area contributed by atoms with E-state index in [0.717, 1.165) is 35.1 Å². The van der Waals surface area contributed by atoms with Crippen molar-refractivity contribution >= 4 is 29.2 Å². The molecule has 26 heavy (non-hydrogen) atoms. The van der Waals surface area contributed by atoms with E-state index in [2.05, 4.69) is 60.5 Å². The van der Waals surface area contributed by atoms with Crippen LogP contribution >= 0.6 is 11.3 Å². The van der Waals surface area contributed by atoms with E-state index in [9.17, 15) is 0 Å². The number of hydrogen-bond donors (Lipinski definition) is 0. The molecule has 0 aliphatic rings. The molecule has 0 fully saturated rings. The molecule has 0 radical (unpaired) electrons. The van der Waals surface area contributed by atoms with Crippen LogP contribution in [-0.4, -0.2) is 25.2 Å². The van der Waals surface area contributed by atoms with Crippen molar-refractivity contribution in [1.29, 1.82) is 0 Å². The number of rotatable bonds is 7. The van der Waals surface area contributed by atoms with Crippen molar-refractivity contribution in [2.45, 2.75) is 13.8 Å². The normalized spacial score (nSPS) is 11.0. The van der Waals surface area contributed by atoms with Crippen LogP contribution in [0.15, 0.2) is 53.9 Å². The maximum Gasteiger partial charge on any atom is 0.118 e. The van der Waals surface area contributed by atoms with E-state index in [1.165, 1.54) is 11.3 Å². The fraction of sp³-hybridized carbons (Fsp3) is 0.227. The number of ether oxygens (including phenoxy) is 1. The standard InChI is InChI=1S/C22H24N2OS/c1-4-24(5-2)19-11-6-17(7-12-19)8-15-22-23-21(16-26-22)18-9-13-20(25-3)14-10-18/h6-16H,4-5H2,1-3H3/b15-8+. The molecule has 0 amide bonds. The van der Waals surface area contributed by atoms with Crippen LogP contribution in [0.2, 0.25) is 0 Å². The molecule has 0 N–H and O–H groups in total. The van der Waals surface area contributed by atoms with Gasteiger partial charge in [0.25, 0.3) is 0 Å². The van der Waals surface area contributed by atoms with Gasteiger partial charge in [0.2, 0.25) is 0 Å². The second kappa shape index (κ2) is 8.68. The molecule has 1 aromatic heterocycles. The smallest absolute Gasteiger partial charge is 0.118 e. The van der Waals surface area contributed by atoms with Gasteiger partial charge in [-0.1, -0.05) is 18.2 Å². The Balaban J connectivity index is 1.70. The number of aromatic nitrogens is 1. The van der Waals surface area contributed by atoms with Crippen molar-refractivity contribution < 1.29 is 4.74 Å². The van der Waals surface area contributed by atoms with Gasteiger partial charge in [0, 0.05) is 29.7 Å². The van der Waals surface area contributed by atoms with Crippen LogP contribution < -0.4 is 9.64 Å². The van der Waals surface area contributed by atoms with Crippen molar-refractivity contribution in [2.24, 2.45) is 0 Å². The summed E-state index contributed by atoms with van der Waals surface area (Å²) in [4.78, 5) is 7.05. The van der Waals surface area contributed by atoms with Gasteiger partial charge in [-0.3, -0.25) is 0 Å². The lowest BCUT2D eigenvalue weighted by molar-refractivity contribution is 0.415. The highest BCUT2D eigenvalue weighted by Crippen LogP contribution is 2.25. The zero-order chi connectivity index (χ0) is 18.4. The molecule has 0 saturated carbocycles. The lowest BCUT2D eigenvalue weighted by Crippen LogP contribution is -2.21. The summed E-state index contributed by atoms with van der Waals surface area (Å²) in [5, 5.41) is 3.09. The molecule has 4 heteroatoms. The van der Waals surface area contributed by atoms with Crippen molar-refractivity contribution in [2.75, 3.05) is 25.1 Å². The first-order valence-corrected chi connectivity index (χ1v) is 9.74. The van der Waals surface area contributed by atoms with E-state index in [1.54, 1.807) is 18.4 Å². The van der Waals surface area contributed by atoms with Crippen molar-refractivity contribution in [1.82, 2.24) is 4.98 Å². The number of nitrogens with zero attached hydrogens (tertiary/aromatic N) is 2. The molecule has 0 aliphatic heterocycles. The quantitative estimate of drug-likeness (QED) is 0.527. The molecule has 134 valence electrons. The molecule has 0 unspecified atom stereocenters. The minimum absolute atomic E-state index is 0.859. The summed E-state index contributed by atoms with van der Waals surface area (Å²) < 4.78 is 5.20. The van der Waals surface area contributed by atoms with E-state index in [-0.39, 0.29) is 0 Å². The molecule has 0 aliphatic carbocycles. The second-order valence-corrected chi connectivity index (χ2v) is 6.79. The van der Waals surface area contributed by atoms with E-state index in [4.69, 9.17) is 9.72 Å². The number of hydrogen-bond acceptors (Lipinski definition) is 4. The van der Waals surface area contributed by atoms with Crippen LogP contribution in [0.4, 0.5) is 5.69 Å². The Morgan fingerprint density at radius 1 is 0.962 bits per heavy atom. The van der Waals surface area contributed by atoms with Gasteiger partial charge < -0.3 is 9.64 Å². The first-order valence-electron chi connectivity index (χ1n) is 8.86. The Bertz CT molecular complexity index is 847. The van der Waals surface area contributed by atoms with E-state index in [0.29, 0.717) is 0 Å². The summed E-state index contributed by atoms with van der Waals surface area (Å²) in [6.07, 6.45) is 4.19. The SMILES string of the molecule is CCN(CC)c1ccc(/C=C/c2nc(-c3ccc(OC)cc3)cs2)cc1. The highest BCUT2D eigenvalue weighted by Gasteiger charge is 2.04. The summed E-state index contributed by atoms with van der Waals surface area (Å²) in [5.41, 5.74) is 4.55. The molecule has 3 nitrogen and oxygen atoms in total. The van der Waals surface area contributed by atoms with Crippen LogP contribution in [0.3, 0.4) is 0 Å². The average molecular weight is 365 g/mol. The third-order valence-corrected chi connectivity index (χ3v) is 5.16. The van der Waals surface area contributed by atoms with Gasteiger partial charge in [0.15, 0.2) is 0 Å². The Morgan fingerprint density at radius 3 is 2.27 bits per heavy atom. The maximum absolute atomic E-state index is 5.20. The molecule has 0 saturated heterocycles. The molecule has 0 bridgehead atoms. The largest absolute Gasteiger partial charge is 0.497 e. The van der Waals surface area contributed by atoms with Crippen LogP contribution in [0.5, 0.6) is 5.75 Å². The maximum atomic E-state index is 5.20. The third kappa shape index (κ3) is 4.33. The Labute approximate surface area is 159 Å². The predicted octanol–water partition coefficient (Wildman–Crippen LogP) is 5.84. The number of anilines is 1. The first-order chi connectivity index (χ1) is 12.7. The van der Waals surface area contributed by atoms with E-state index < -0.39 is 0 Å². The average Bonchev–Trinajstić information content (AvgIpc) is 3.17. The minimum Gasteiger partial charge on any atom is -0.497 e. The van der Waals surface area contributed by atoms with Gasteiger partial charge >= 0.3 is 0 Å². The van der Waals surface area contributed by atoms with Crippen LogP contribution in [0.1, 0.15) is 24.4 Å². The van der Waals surface area contributed by atoms with E-state index in [1.807, 2.05) is 24.3 Å². The highest BCUT2D eigenvalue weighted by atomic mass is 32.1. The van der Waals surface area contributed by atoms with Crippen molar-refractivity contribution in [3.05, 3.63) is 64.5 Å². The first kappa shape index (κ1) is 18.2. The molecular formula is C22H24N2OS. The zero-order valence-corrected chi connectivity index (χ0v) is 16.3. The molecule has 3 aromatic rings. The summed E-state index contributed by atoms with van der Waals surface area (Å²) in [7, 11) is 1.68. The van der Waals surface area contributed by atoms with Crippen LogP contribution in [0, 0.1) is 0 Å². The predicted molar refractivity (Wildman–Crippen MR) is 113 cm³/mol. The Morgan fingerprint density at radius 2 is 1.65 bits per heavy atom. The summed E-state index contributed by atoms with van der Waals surface area (Å²) in [5.74, 6) is 0.859. The van der Waals surface area contributed by atoms with Gasteiger partial charge in [-0.15, -0.1) is 11.3 Å². The van der Waals surface area contributed by atoms with E-state index >= 15 is 0 Å². The molecule has 0 spiro atoms. The Hall–Kier alpha value is -2.59. The Kier molecular flexibility index (Phi) is 6.08. The molecule has 0 atom stereocenters. The summed E-state index contributed by atoms with van der Waals surface area (Å²) in [6, 6.07) is 16.7. The van der Waals surface area contributed by atoms with Gasteiger partial charge in [0.05, 0.1) is 12.8 Å². The third-order valence-electron chi connectivity index (χ3n) is 4.35. The van der Waals surface area contributed by atoms with Gasteiger partial charge in [-0.05, 0) is 61.9 Å². The number of thiazole rings is 1. The van der Waals surface area contributed by atoms with Gasteiger partial charge in [0.1, 0.15) is 10.8 Å². The second-order valence-electron chi connectivity index (χ2n) is 5.90. The monoisotopic (exact) mass is 364 g/mol. The van der Waals surface area contributed by atoms with Crippen molar-refractivity contribution in [3.63, 3.8) is 0 Å². The highest BCUT2D eigenvalue weighted by molar-refractivity contribution is 7.10. The topological polar surface area (TPSA) is 25.4 Å². The fourth-order valence-corrected chi connectivity index (χ4v) is 3.53. The number of methoxy groups -OCH3 is 1. The van der Waals surface area contributed by atoms with Gasteiger partial charge in [-0.25, -0.2) is 4.98 Å². The molecular weight excluding hydrogens is 340 g/mol.